The highest BCUT2D eigenvalue weighted by Gasteiger charge is 2.22. The number of carbonyl (C=O) groups is 1. The average Bonchev–Trinajstić information content (AvgIpc) is 3.47. The van der Waals surface area contributed by atoms with Crippen molar-refractivity contribution in [3.05, 3.63) is 29.6 Å². The molecule has 0 aromatic heterocycles. The highest BCUT2D eigenvalue weighted by Crippen LogP contribution is 2.31. The molecule has 2 N–H and O–H groups in total. The number of halogens is 1. The van der Waals surface area contributed by atoms with Crippen LogP contribution in [0.5, 0.6) is 5.75 Å². The Labute approximate surface area is 165 Å². The van der Waals surface area contributed by atoms with Gasteiger partial charge in [0.05, 0.1) is 19.8 Å². The number of hydrogen-bond donors (Lipinski definition) is 2. The summed E-state index contributed by atoms with van der Waals surface area (Å²) >= 11 is 1.66. The van der Waals surface area contributed by atoms with Crippen LogP contribution in [0.25, 0.3) is 0 Å². The van der Waals surface area contributed by atoms with Crippen molar-refractivity contribution in [2.45, 2.75) is 45.6 Å². The van der Waals surface area contributed by atoms with Gasteiger partial charge in [0.1, 0.15) is 0 Å². The minimum atomic E-state index is -0.297. The van der Waals surface area contributed by atoms with Crippen LogP contribution >= 0.6 is 11.9 Å². The minimum absolute atomic E-state index is 0.112. The van der Waals surface area contributed by atoms with E-state index < -0.39 is 0 Å². The topological polar surface area (TPSA) is 59.6 Å². The Morgan fingerprint density at radius 1 is 1.37 bits per heavy atom. The molecule has 0 heterocycles. The lowest BCUT2D eigenvalue weighted by molar-refractivity contribution is -0.141. The first-order valence-electron chi connectivity index (χ1n) is 9.76. The summed E-state index contributed by atoms with van der Waals surface area (Å²) in [5.41, 5.74) is 1.02. The van der Waals surface area contributed by atoms with Gasteiger partial charge in [-0.2, -0.15) is 0 Å². The molecule has 0 radical (unpaired) electrons. The smallest absolute Gasteiger partial charge is 0.319 e. The van der Waals surface area contributed by atoms with Gasteiger partial charge in [0, 0.05) is 11.8 Å². The lowest BCUT2D eigenvalue weighted by atomic mass is 10.1. The van der Waals surface area contributed by atoms with Crippen LogP contribution < -0.4 is 14.8 Å². The summed E-state index contributed by atoms with van der Waals surface area (Å²) in [7, 11) is 0. The monoisotopic (exact) mass is 398 g/mol. The highest BCUT2D eigenvalue weighted by atomic mass is 32.2. The van der Waals surface area contributed by atoms with E-state index >= 15 is 0 Å². The Morgan fingerprint density at radius 2 is 2.19 bits per heavy atom. The van der Waals surface area contributed by atoms with E-state index in [0.717, 1.165) is 30.7 Å². The van der Waals surface area contributed by atoms with Crippen molar-refractivity contribution in [1.82, 2.24) is 10.0 Å². The third-order valence-electron chi connectivity index (χ3n) is 4.31. The van der Waals surface area contributed by atoms with E-state index in [4.69, 9.17) is 9.47 Å². The lowest BCUT2D eigenvalue weighted by Gasteiger charge is -2.15. The van der Waals surface area contributed by atoms with Crippen molar-refractivity contribution >= 4 is 17.9 Å². The molecule has 1 aliphatic rings. The SMILES string of the molecule is CCOC(=O)CNCCCCSNC(C)c1ccc(F)c(OCC2CC2)c1. The van der Waals surface area contributed by atoms with Crippen molar-refractivity contribution in [2.75, 3.05) is 32.1 Å². The first-order valence-corrected chi connectivity index (χ1v) is 10.7. The molecular formula is C20H31FN2O3S. The molecule has 1 atom stereocenters. The Morgan fingerprint density at radius 3 is 2.93 bits per heavy atom. The Kier molecular flexibility index (Phi) is 9.94. The van der Waals surface area contributed by atoms with E-state index in [1.54, 1.807) is 31.0 Å². The maximum Gasteiger partial charge on any atom is 0.319 e. The molecule has 0 saturated heterocycles. The molecule has 1 aliphatic carbocycles. The molecule has 1 saturated carbocycles. The molecule has 5 nitrogen and oxygen atoms in total. The van der Waals surface area contributed by atoms with Crippen LogP contribution in [0.15, 0.2) is 18.2 Å². The van der Waals surface area contributed by atoms with Crippen LogP contribution in [0.1, 0.15) is 51.1 Å². The van der Waals surface area contributed by atoms with Crippen LogP contribution in [-0.4, -0.2) is 38.0 Å². The van der Waals surface area contributed by atoms with Crippen molar-refractivity contribution in [2.24, 2.45) is 5.92 Å². The number of ether oxygens (including phenoxy) is 2. The van der Waals surface area contributed by atoms with Crippen LogP contribution in [0.3, 0.4) is 0 Å². The molecule has 7 heteroatoms. The largest absolute Gasteiger partial charge is 0.490 e. The molecule has 2 rings (SSSR count). The Bertz CT molecular complexity index is 584. The van der Waals surface area contributed by atoms with Crippen molar-refractivity contribution < 1.29 is 18.7 Å². The zero-order valence-electron chi connectivity index (χ0n) is 16.3. The summed E-state index contributed by atoms with van der Waals surface area (Å²) in [4.78, 5) is 11.2. The molecular weight excluding hydrogens is 367 g/mol. The van der Waals surface area contributed by atoms with Crippen LogP contribution in [-0.2, 0) is 9.53 Å². The van der Waals surface area contributed by atoms with Crippen molar-refractivity contribution in [3.63, 3.8) is 0 Å². The van der Waals surface area contributed by atoms with E-state index in [1.165, 1.54) is 18.9 Å². The molecule has 0 aliphatic heterocycles. The normalized spacial score (nSPS) is 14.8. The van der Waals surface area contributed by atoms with Gasteiger partial charge in [0.15, 0.2) is 11.6 Å². The highest BCUT2D eigenvalue weighted by molar-refractivity contribution is 7.97. The van der Waals surface area contributed by atoms with Crippen LogP contribution in [0, 0.1) is 11.7 Å². The van der Waals surface area contributed by atoms with E-state index in [0.29, 0.717) is 24.9 Å². The lowest BCUT2D eigenvalue weighted by Crippen LogP contribution is -2.25. The molecule has 27 heavy (non-hydrogen) atoms. The summed E-state index contributed by atoms with van der Waals surface area (Å²) in [6.45, 7) is 5.97. The second kappa shape index (κ2) is 12.2. The Balaban J connectivity index is 1.57. The fourth-order valence-electron chi connectivity index (χ4n) is 2.47. The summed E-state index contributed by atoms with van der Waals surface area (Å²) in [5, 5.41) is 3.08. The van der Waals surface area contributed by atoms with Gasteiger partial charge in [0.2, 0.25) is 0 Å². The van der Waals surface area contributed by atoms with Gasteiger partial charge in [-0.05, 0) is 69.7 Å². The molecule has 1 unspecified atom stereocenters. The van der Waals surface area contributed by atoms with Crippen molar-refractivity contribution in [1.29, 1.82) is 0 Å². The van der Waals surface area contributed by atoms with Gasteiger partial charge in [-0.15, -0.1) is 0 Å². The zero-order valence-corrected chi connectivity index (χ0v) is 17.1. The fraction of sp³-hybridized carbons (Fsp3) is 0.650. The number of nitrogens with one attached hydrogen (secondary N) is 2. The maximum atomic E-state index is 13.9. The van der Waals surface area contributed by atoms with Gasteiger partial charge in [-0.25, -0.2) is 4.39 Å². The van der Waals surface area contributed by atoms with E-state index in [9.17, 15) is 9.18 Å². The van der Waals surface area contributed by atoms with E-state index in [-0.39, 0.29) is 24.4 Å². The molecule has 1 aromatic rings. The third kappa shape index (κ3) is 8.95. The van der Waals surface area contributed by atoms with Gasteiger partial charge >= 0.3 is 5.97 Å². The molecule has 1 aromatic carbocycles. The number of carbonyl (C=O) groups excluding carboxylic acids is 1. The van der Waals surface area contributed by atoms with Crippen molar-refractivity contribution in [3.8, 4) is 5.75 Å². The van der Waals surface area contributed by atoms with Crippen LogP contribution in [0.4, 0.5) is 4.39 Å². The predicted octanol–water partition coefficient (Wildman–Crippen LogP) is 3.85. The summed E-state index contributed by atoms with van der Waals surface area (Å²) in [6.07, 6.45) is 4.42. The summed E-state index contributed by atoms with van der Waals surface area (Å²) in [5.74, 6) is 1.42. The van der Waals surface area contributed by atoms with Gasteiger partial charge < -0.3 is 14.8 Å². The van der Waals surface area contributed by atoms with E-state index in [1.807, 2.05) is 0 Å². The van der Waals surface area contributed by atoms with Gasteiger partial charge in [-0.1, -0.05) is 18.0 Å². The number of unbranched alkanes of at least 4 members (excludes halogenated alkanes) is 1. The Hall–Kier alpha value is -1.31. The summed E-state index contributed by atoms with van der Waals surface area (Å²) in [6, 6.07) is 5.20. The molecule has 152 valence electrons. The number of hydrogen-bond acceptors (Lipinski definition) is 6. The molecule has 0 spiro atoms. The predicted molar refractivity (Wildman–Crippen MR) is 107 cm³/mol. The number of esters is 1. The molecule has 1 fully saturated rings. The number of rotatable bonds is 14. The van der Waals surface area contributed by atoms with Gasteiger partial charge in [0.25, 0.3) is 0 Å². The molecule has 0 amide bonds. The second-order valence-corrected chi connectivity index (χ2v) is 7.75. The first-order chi connectivity index (χ1) is 13.1. The van der Waals surface area contributed by atoms with E-state index in [2.05, 4.69) is 17.0 Å². The quantitative estimate of drug-likeness (QED) is 0.282. The van der Waals surface area contributed by atoms with Crippen LogP contribution in [0.2, 0.25) is 0 Å². The summed E-state index contributed by atoms with van der Waals surface area (Å²) < 4.78 is 27.7. The first kappa shape index (κ1) is 22.0. The molecule has 0 bridgehead atoms. The average molecular weight is 399 g/mol. The third-order valence-corrected chi connectivity index (χ3v) is 5.32. The standard InChI is InChI=1S/C20H31FN2O3S/c1-3-25-20(24)13-22-10-4-5-11-27-23-15(2)17-8-9-18(21)19(12-17)26-14-16-6-7-16/h8-9,12,15-16,22-23H,3-7,10-11,13-14H2,1-2H3. The van der Waals surface area contributed by atoms with Gasteiger partial charge in [-0.3, -0.25) is 9.52 Å². The number of benzene rings is 1. The zero-order chi connectivity index (χ0) is 19.5. The minimum Gasteiger partial charge on any atom is -0.490 e. The maximum absolute atomic E-state index is 13.9. The fourth-order valence-corrected chi connectivity index (χ4v) is 3.32. The second-order valence-electron chi connectivity index (χ2n) is 6.82.